The van der Waals surface area contributed by atoms with E-state index in [-0.39, 0.29) is 66.5 Å². The predicted molar refractivity (Wildman–Crippen MR) is 131 cm³/mol. The fraction of sp³-hybridized carbons (Fsp3) is 0.680. The number of carbonyl (C=O) groups is 2. The minimum atomic E-state index is -4.00. The van der Waals surface area contributed by atoms with E-state index in [4.69, 9.17) is 14.2 Å². The van der Waals surface area contributed by atoms with Gasteiger partial charge >= 0.3 is 6.09 Å². The van der Waals surface area contributed by atoms with E-state index in [2.05, 4.69) is 5.32 Å². The van der Waals surface area contributed by atoms with Crippen LogP contribution in [0.1, 0.15) is 36.2 Å². The van der Waals surface area contributed by atoms with Gasteiger partial charge in [0.2, 0.25) is 10.0 Å². The molecule has 3 heterocycles. The van der Waals surface area contributed by atoms with Gasteiger partial charge in [0.05, 0.1) is 24.2 Å². The van der Waals surface area contributed by atoms with E-state index in [1.54, 1.807) is 13.1 Å². The van der Waals surface area contributed by atoms with E-state index in [1.165, 1.54) is 21.3 Å². The molecule has 2 saturated heterocycles. The summed E-state index contributed by atoms with van der Waals surface area (Å²) >= 11 is 0. The zero-order valence-electron chi connectivity index (χ0n) is 21.3. The lowest BCUT2D eigenvalue weighted by molar-refractivity contribution is -0.169. The van der Waals surface area contributed by atoms with E-state index < -0.39 is 22.2 Å². The first-order valence-electron chi connectivity index (χ1n) is 12.8. The van der Waals surface area contributed by atoms with Gasteiger partial charge in [-0.05, 0) is 30.0 Å². The third kappa shape index (κ3) is 5.09. The van der Waals surface area contributed by atoms with Gasteiger partial charge < -0.3 is 29.5 Å². The van der Waals surface area contributed by atoms with Gasteiger partial charge in [-0.1, -0.05) is 19.9 Å². The number of hydrogen-bond donors (Lipinski definition) is 2. The molecule has 6 atom stereocenters. The molecule has 0 aromatic heterocycles. The fourth-order valence-electron chi connectivity index (χ4n) is 5.93. The summed E-state index contributed by atoms with van der Waals surface area (Å²) < 4.78 is 45.2. The van der Waals surface area contributed by atoms with Gasteiger partial charge in [-0.2, -0.15) is 4.31 Å². The lowest BCUT2D eigenvalue weighted by Crippen LogP contribution is -2.45. The van der Waals surface area contributed by atoms with E-state index >= 15 is 0 Å². The summed E-state index contributed by atoms with van der Waals surface area (Å²) in [6.45, 7) is 4.97. The molecule has 0 radical (unpaired) electrons. The highest BCUT2D eigenvalue weighted by atomic mass is 32.2. The van der Waals surface area contributed by atoms with Crippen molar-refractivity contribution in [1.82, 2.24) is 14.5 Å². The largest absolute Gasteiger partial charge is 0.445 e. The number of ether oxygens (including phenoxy) is 3. The van der Waals surface area contributed by atoms with Gasteiger partial charge in [0.25, 0.3) is 5.91 Å². The number of hydrogen-bond acceptors (Lipinski definition) is 8. The average Bonchev–Trinajstić information content (AvgIpc) is 3.47. The number of aliphatic hydroxyl groups excluding tert-OH is 1. The predicted octanol–water partition coefficient (Wildman–Crippen LogP) is 1.01. The standard InChI is InChI=1S/C25H35N3O8S/c1-14(2)9-28(37(32,33)18-5-4-15-10-27(3)23(30)19(15)7-18)11-17(29)8-26-25(31)36-22-16-6-20-21(22)13-35-24(20)34-12-16/h4-5,7,14,16-17,20-22,24,29H,6,8-13H2,1-3H3,(H,26,31). The van der Waals surface area contributed by atoms with Gasteiger partial charge in [-0.3, -0.25) is 4.79 Å². The van der Waals surface area contributed by atoms with Crippen molar-refractivity contribution in [2.24, 2.45) is 23.7 Å². The van der Waals surface area contributed by atoms with E-state index in [1.807, 2.05) is 13.8 Å². The third-order valence-corrected chi connectivity index (χ3v) is 9.53. The van der Waals surface area contributed by atoms with E-state index in [0.717, 1.165) is 12.0 Å². The van der Waals surface area contributed by atoms with Crippen LogP contribution >= 0.6 is 0 Å². The number of rotatable bonds is 9. The Labute approximate surface area is 217 Å². The summed E-state index contributed by atoms with van der Waals surface area (Å²) in [6.07, 6.45) is -1.41. The molecule has 2 amide bonds. The number of benzene rings is 1. The van der Waals surface area contributed by atoms with Gasteiger partial charge in [0.1, 0.15) is 6.10 Å². The van der Waals surface area contributed by atoms with Crippen LogP contribution in [0.3, 0.4) is 0 Å². The molecule has 1 aromatic carbocycles. The maximum Gasteiger partial charge on any atom is 0.407 e. The first-order chi connectivity index (χ1) is 17.5. The summed E-state index contributed by atoms with van der Waals surface area (Å²) in [4.78, 5) is 26.4. The zero-order valence-corrected chi connectivity index (χ0v) is 22.1. The van der Waals surface area contributed by atoms with Crippen LogP contribution < -0.4 is 5.32 Å². The monoisotopic (exact) mass is 537 g/mol. The normalized spacial score (nSPS) is 29.2. The van der Waals surface area contributed by atoms with E-state index in [9.17, 15) is 23.1 Å². The summed E-state index contributed by atoms with van der Waals surface area (Å²) in [5, 5.41) is 13.2. The second-order valence-corrected chi connectivity index (χ2v) is 12.9. The fourth-order valence-corrected chi connectivity index (χ4v) is 7.60. The minimum absolute atomic E-state index is 0.00164. The molecule has 0 spiro atoms. The molecular weight excluding hydrogens is 502 g/mol. The number of amides is 2. The van der Waals surface area contributed by atoms with Crippen LogP contribution in [0.15, 0.2) is 23.1 Å². The number of sulfonamides is 1. The van der Waals surface area contributed by atoms with Gasteiger partial charge in [0, 0.05) is 56.5 Å². The van der Waals surface area contributed by atoms with Gasteiger partial charge in [0.15, 0.2) is 6.29 Å². The summed E-state index contributed by atoms with van der Waals surface area (Å²) in [5.74, 6) is 0.258. The first-order valence-corrected chi connectivity index (χ1v) is 14.2. The van der Waals surface area contributed by atoms with E-state index in [0.29, 0.717) is 25.3 Å². The molecule has 2 N–H and O–H groups in total. The second-order valence-electron chi connectivity index (χ2n) is 11.0. The van der Waals surface area contributed by atoms with Crippen molar-refractivity contribution in [3.8, 4) is 0 Å². The highest BCUT2D eigenvalue weighted by molar-refractivity contribution is 7.89. The lowest BCUT2D eigenvalue weighted by atomic mass is 9.98. The molecule has 11 nitrogen and oxygen atoms in total. The number of aliphatic hydroxyl groups is 1. The molecule has 1 aromatic rings. The Bertz CT molecular complexity index is 1160. The Morgan fingerprint density at radius 2 is 2.00 bits per heavy atom. The number of nitrogens with zero attached hydrogens (tertiary/aromatic N) is 2. The van der Waals surface area contributed by atoms with Crippen LogP contribution in [0.25, 0.3) is 0 Å². The molecule has 4 aliphatic rings. The first kappa shape index (κ1) is 26.4. The van der Waals surface area contributed by atoms with Crippen molar-refractivity contribution in [3.63, 3.8) is 0 Å². The van der Waals surface area contributed by atoms with Crippen molar-refractivity contribution < 1.29 is 37.3 Å². The van der Waals surface area contributed by atoms with Crippen molar-refractivity contribution in [3.05, 3.63) is 29.3 Å². The maximum atomic E-state index is 13.5. The van der Waals surface area contributed by atoms with Crippen LogP contribution in [0.4, 0.5) is 4.79 Å². The van der Waals surface area contributed by atoms with Crippen LogP contribution in [0.2, 0.25) is 0 Å². The van der Waals surface area contributed by atoms with Gasteiger partial charge in [-0.15, -0.1) is 0 Å². The molecule has 6 unspecified atom stereocenters. The van der Waals surface area contributed by atoms with Crippen LogP contribution in [0, 0.1) is 23.7 Å². The molecule has 2 bridgehead atoms. The van der Waals surface area contributed by atoms with Crippen molar-refractivity contribution in [2.45, 2.75) is 50.2 Å². The van der Waals surface area contributed by atoms with Crippen molar-refractivity contribution in [2.75, 3.05) is 39.9 Å². The highest BCUT2D eigenvalue weighted by Gasteiger charge is 2.56. The Morgan fingerprint density at radius 3 is 2.76 bits per heavy atom. The average molecular weight is 538 g/mol. The maximum absolute atomic E-state index is 13.5. The third-order valence-electron chi connectivity index (χ3n) is 7.70. The second kappa shape index (κ2) is 10.1. The summed E-state index contributed by atoms with van der Waals surface area (Å²) in [6, 6.07) is 4.56. The quantitative estimate of drug-likeness (QED) is 0.477. The molecule has 1 saturated carbocycles. The number of nitrogens with one attached hydrogen (secondary N) is 1. The minimum Gasteiger partial charge on any atom is -0.445 e. The summed E-state index contributed by atoms with van der Waals surface area (Å²) in [7, 11) is -2.33. The zero-order chi connectivity index (χ0) is 26.5. The SMILES string of the molecule is CC(C)CN(CC(O)CNC(=O)OC1C2COC3OCC1C3C2)S(=O)(=O)c1ccc2c(c1)C(=O)N(C)C2. The number of alkyl carbamates (subject to hydrolysis) is 1. The Balaban J connectivity index is 1.20. The number of carbonyl (C=O) groups excluding carboxylic acids is 2. The highest BCUT2D eigenvalue weighted by Crippen LogP contribution is 2.49. The lowest BCUT2D eigenvalue weighted by Gasteiger charge is -2.28. The van der Waals surface area contributed by atoms with Crippen molar-refractivity contribution in [1.29, 1.82) is 0 Å². The summed E-state index contributed by atoms with van der Waals surface area (Å²) in [5.41, 5.74) is 1.15. The Morgan fingerprint density at radius 1 is 1.24 bits per heavy atom. The molecule has 204 valence electrons. The number of fused-ring (bicyclic) bond motifs is 2. The van der Waals surface area contributed by atoms with Crippen molar-refractivity contribution >= 4 is 22.0 Å². The molecule has 3 fully saturated rings. The molecule has 12 heteroatoms. The molecule has 3 aliphatic heterocycles. The molecular formula is C25H35N3O8S. The molecule has 5 rings (SSSR count). The molecule has 37 heavy (non-hydrogen) atoms. The van der Waals surface area contributed by atoms with Crippen LogP contribution in [0.5, 0.6) is 0 Å². The topological polar surface area (TPSA) is 135 Å². The van der Waals surface area contributed by atoms with Gasteiger partial charge in [-0.25, -0.2) is 13.2 Å². The van der Waals surface area contributed by atoms with Crippen LogP contribution in [-0.4, -0.2) is 93.1 Å². The Hall–Kier alpha value is -2.25. The van der Waals surface area contributed by atoms with Crippen LogP contribution in [-0.2, 0) is 30.8 Å². The molecule has 1 aliphatic carbocycles. The smallest absolute Gasteiger partial charge is 0.407 e. The Kier molecular flexibility index (Phi) is 7.22.